The predicted molar refractivity (Wildman–Crippen MR) is 106 cm³/mol. The van der Waals surface area contributed by atoms with E-state index in [9.17, 15) is 9.59 Å². The van der Waals surface area contributed by atoms with Gasteiger partial charge in [0.05, 0.1) is 18.8 Å². The lowest BCUT2D eigenvalue weighted by Crippen LogP contribution is -2.27. The van der Waals surface area contributed by atoms with Gasteiger partial charge in [0.2, 0.25) is 5.91 Å². The maximum absolute atomic E-state index is 12.5. The van der Waals surface area contributed by atoms with Gasteiger partial charge in [-0.2, -0.15) is 0 Å². The fraction of sp³-hybridized carbons (Fsp3) is 0.333. The summed E-state index contributed by atoms with van der Waals surface area (Å²) in [5.74, 6) is 0.510. The monoisotopic (exact) mass is 367 g/mol. The molecule has 1 saturated heterocycles. The number of likely N-dealkylation sites (tertiary alicyclic amines) is 1. The van der Waals surface area contributed by atoms with Crippen LogP contribution < -0.4 is 15.4 Å². The molecule has 2 amide bonds. The van der Waals surface area contributed by atoms with Crippen LogP contribution >= 0.6 is 0 Å². The molecule has 2 aromatic rings. The number of nitrogens with zero attached hydrogens (tertiary/aromatic N) is 1. The van der Waals surface area contributed by atoms with Crippen molar-refractivity contribution in [1.29, 1.82) is 0 Å². The van der Waals surface area contributed by atoms with E-state index in [-0.39, 0.29) is 18.4 Å². The molecule has 1 fully saturated rings. The van der Waals surface area contributed by atoms with Gasteiger partial charge in [0, 0.05) is 24.3 Å². The number of para-hydroxylation sites is 2. The van der Waals surface area contributed by atoms with Crippen LogP contribution in [0.25, 0.3) is 0 Å². The van der Waals surface area contributed by atoms with Crippen LogP contribution in [0, 0.1) is 0 Å². The highest BCUT2D eigenvalue weighted by molar-refractivity contribution is 5.96. The molecule has 2 aromatic carbocycles. The Kier molecular flexibility index (Phi) is 6.30. The number of nitrogens with one attached hydrogen (secondary N) is 2. The second-order valence-electron chi connectivity index (χ2n) is 6.41. The second-order valence-corrected chi connectivity index (χ2v) is 6.41. The number of benzene rings is 2. The minimum Gasteiger partial charge on any atom is -0.492 e. The van der Waals surface area contributed by atoms with Gasteiger partial charge in [0.1, 0.15) is 5.75 Å². The lowest BCUT2D eigenvalue weighted by atomic mass is 10.1. The Balaban J connectivity index is 1.57. The zero-order valence-electron chi connectivity index (χ0n) is 15.5. The Morgan fingerprint density at radius 2 is 1.85 bits per heavy atom. The Bertz CT molecular complexity index is 801. The summed E-state index contributed by atoms with van der Waals surface area (Å²) in [6, 6.07) is 14.6. The fourth-order valence-corrected chi connectivity index (χ4v) is 3.09. The summed E-state index contributed by atoms with van der Waals surface area (Å²) in [6.45, 7) is 4.16. The molecular formula is C21H25N3O3. The van der Waals surface area contributed by atoms with Crippen LogP contribution in [-0.4, -0.2) is 43.0 Å². The van der Waals surface area contributed by atoms with Gasteiger partial charge in [0.15, 0.2) is 0 Å². The number of anilines is 2. The molecule has 6 heteroatoms. The zero-order valence-corrected chi connectivity index (χ0v) is 15.5. The van der Waals surface area contributed by atoms with Crippen LogP contribution in [0.3, 0.4) is 0 Å². The fourth-order valence-electron chi connectivity index (χ4n) is 3.09. The summed E-state index contributed by atoms with van der Waals surface area (Å²) in [7, 11) is 0. The normalized spacial score (nSPS) is 13.3. The highest BCUT2D eigenvalue weighted by Gasteiger charge is 2.19. The number of ether oxygens (including phenoxy) is 1. The predicted octanol–water partition coefficient (Wildman–Crippen LogP) is 3.37. The Morgan fingerprint density at radius 3 is 2.63 bits per heavy atom. The van der Waals surface area contributed by atoms with Gasteiger partial charge in [-0.25, -0.2) is 0 Å². The molecule has 6 nitrogen and oxygen atoms in total. The highest BCUT2D eigenvalue weighted by Crippen LogP contribution is 2.23. The Hall–Kier alpha value is -3.02. The number of hydrogen-bond acceptors (Lipinski definition) is 4. The van der Waals surface area contributed by atoms with Gasteiger partial charge in [-0.05, 0) is 50.1 Å². The van der Waals surface area contributed by atoms with Crippen molar-refractivity contribution in [2.24, 2.45) is 0 Å². The van der Waals surface area contributed by atoms with Crippen LogP contribution in [0.2, 0.25) is 0 Å². The number of carbonyl (C=O) groups is 2. The topological polar surface area (TPSA) is 70.7 Å². The van der Waals surface area contributed by atoms with Crippen LogP contribution in [0.5, 0.6) is 5.75 Å². The van der Waals surface area contributed by atoms with E-state index in [0.29, 0.717) is 23.6 Å². The van der Waals surface area contributed by atoms with E-state index in [2.05, 4.69) is 10.6 Å². The summed E-state index contributed by atoms with van der Waals surface area (Å²) >= 11 is 0. The van der Waals surface area contributed by atoms with Gasteiger partial charge in [0.25, 0.3) is 5.91 Å². The molecule has 0 bridgehead atoms. The van der Waals surface area contributed by atoms with E-state index in [1.165, 1.54) is 0 Å². The first-order valence-corrected chi connectivity index (χ1v) is 9.32. The molecule has 1 aliphatic heterocycles. The number of hydrogen-bond donors (Lipinski definition) is 2. The third-order valence-corrected chi connectivity index (χ3v) is 4.42. The molecule has 0 aliphatic carbocycles. The highest BCUT2D eigenvalue weighted by atomic mass is 16.5. The van der Waals surface area contributed by atoms with Gasteiger partial charge in [-0.3, -0.25) is 9.59 Å². The minimum absolute atomic E-state index is 0.0474. The molecule has 3 rings (SSSR count). The first-order valence-electron chi connectivity index (χ1n) is 9.32. The maximum atomic E-state index is 12.5. The third-order valence-electron chi connectivity index (χ3n) is 4.42. The molecule has 0 saturated carbocycles. The van der Waals surface area contributed by atoms with E-state index in [1.807, 2.05) is 48.2 Å². The molecule has 0 radical (unpaired) electrons. The van der Waals surface area contributed by atoms with Crippen molar-refractivity contribution in [3.8, 4) is 5.75 Å². The zero-order chi connectivity index (χ0) is 19.1. The van der Waals surface area contributed by atoms with Crippen molar-refractivity contribution < 1.29 is 14.3 Å². The van der Waals surface area contributed by atoms with Crippen molar-refractivity contribution >= 4 is 23.2 Å². The van der Waals surface area contributed by atoms with Crippen molar-refractivity contribution in [2.45, 2.75) is 19.8 Å². The first kappa shape index (κ1) is 18.8. The van der Waals surface area contributed by atoms with Crippen molar-refractivity contribution in [3.05, 3.63) is 54.1 Å². The van der Waals surface area contributed by atoms with Gasteiger partial charge in [-0.15, -0.1) is 0 Å². The summed E-state index contributed by atoms with van der Waals surface area (Å²) in [6.07, 6.45) is 2.13. The van der Waals surface area contributed by atoms with Gasteiger partial charge in [-0.1, -0.05) is 18.2 Å². The summed E-state index contributed by atoms with van der Waals surface area (Å²) in [5, 5.41) is 5.92. The molecule has 27 heavy (non-hydrogen) atoms. The van der Waals surface area contributed by atoms with E-state index in [0.717, 1.165) is 31.6 Å². The minimum atomic E-state index is -0.182. The maximum Gasteiger partial charge on any atom is 0.253 e. The molecule has 0 unspecified atom stereocenters. The average molecular weight is 367 g/mol. The van der Waals surface area contributed by atoms with E-state index >= 15 is 0 Å². The summed E-state index contributed by atoms with van der Waals surface area (Å²) in [5.41, 5.74) is 2.03. The number of rotatable bonds is 7. The number of amides is 2. The number of carbonyl (C=O) groups excluding carboxylic acids is 2. The van der Waals surface area contributed by atoms with Gasteiger partial charge >= 0.3 is 0 Å². The molecule has 1 aliphatic rings. The van der Waals surface area contributed by atoms with Crippen molar-refractivity contribution in [2.75, 3.05) is 36.9 Å². The SMILES string of the molecule is CCOc1ccccc1NC(=O)CNc1cccc(C(=O)N2CCCC2)c1. The quantitative estimate of drug-likeness (QED) is 0.787. The van der Waals surface area contributed by atoms with E-state index < -0.39 is 0 Å². The van der Waals surface area contributed by atoms with Crippen molar-refractivity contribution in [3.63, 3.8) is 0 Å². The van der Waals surface area contributed by atoms with Crippen LogP contribution in [-0.2, 0) is 4.79 Å². The van der Waals surface area contributed by atoms with Gasteiger partial charge < -0.3 is 20.3 Å². The smallest absolute Gasteiger partial charge is 0.253 e. The molecule has 0 atom stereocenters. The molecule has 0 aromatic heterocycles. The molecule has 1 heterocycles. The largest absolute Gasteiger partial charge is 0.492 e. The summed E-state index contributed by atoms with van der Waals surface area (Å²) in [4.78, 5) is 26.6. The van der Waals surface area contributed by atoms with E-state index in [1.54, 1.807) is 12.1 Å². The Labute approximate surface area is 159 Å². The molecular weight excluding hydrogens is 342 g/mol. The molecule has 142 valence electrons. The van der Waals surface area contributed by atoms with E-state index in [4.69, 9.17) is 4.74 Å². The molecule has 0 spiro atoms. The molecule has 2 N–H and O–H groups in total. The summed E-state index contributed by atoms with van der Waals surface area (Å²) < 4.78 is 5.51. The second kappa shape index (κ2) is 9.07. The van der Waals surface area contributed by atoms with Crippen LogP contribution in [0.1, 0.15) is 30.1 Å². The van der Waals surface area contributed by atoms with Crippen molar-refractivity contribution in [1.82, 2.24) is 4.90 Å². The average Bonchev–Trinajstić information content (AvgIpc) is 3.22. The standard InChI is InChI=1S/C21H25N3O3/c1-2-27-19-11-4-3-10-18(19)23-20(25)15-22-17-9-7-8-16(14-17)21(26)24-12-5-6-13-24/h3-4,7-11,14,22H,2,5-6,12-13,15H2,1H3,(H,23,25). The Morgan fingerprint density at radius 1 is 1.07 bits per heavy atom. The lowest BCUT2D eigenvalue weighted by Gasteiger charge is -2.16. The lowest BCUT2D eigenvalue weighted by molar-refractivity contribution is -0.114. The first-order chi connectivity index (χ1) is 13.2. The van der Waals surface area contributed by atoms with Crippen LogP contribution in [0.15, 0.2) is 48.5 Å². The van der Waals surface area contributed by atoms with Crippen LogP contribution in [0.4, 0.5) is 11.4 Å². The third kappa shape index (κ3) is 5.00.